The lowest BCUT2D eigenvalue weighted by Gasteiger charge is -2.42. The fourth-order valence-electron chi connectivity index (χ4n) is 8.75. The number of amides is 6. The molecule has 2 bridgehead atoms. The van der Waals surface area contributed by atoms with Gasteiger partial charge in [0.05, 0.1) is 31.7 Å². The van der Waals surface area contributed by atoms with Crippen molar-refractivity contribution >= 4 is 41.4 Å². The van der Waals surface area contributed by atoms with E-state index >= 15 is 0 Å². The Bertz CT molecular complexity index is 2450. The summed E-state index contributed by atoms with van der Waals surface area (Å²) in [6, 6.07) is 30.4. The molecular formula is C54H65N7O9. The summed E-state index contributed by atoms with van der Waals surface area (Å²) >= 11 is 0. The van der Waals surface area contributed by atoms with Crippen molar-refractivity contribution in [2.24, 2.45) is 11.1 Å². The lowest BCUT2D eigenvalue weighted by atomic mass is 9.74. The highest BCUT2D eigenvalue weighted by atomic mass is 16.5. The topological polar surface area (TPSA) is 227 Å². The van der Waals surface area contributed by atoms with Crippen LogP contribution in [-0.4, -0.2) is 111 Å². The van der Waals surface area contributed by atoms with Crippen molar-refractivity contribution in [3.8, 4) is 11.1 Å². The number of nitrogens with zero attached hydrogens (tertiary/aromatic N) is 1. The van der Waals surface area contributed by atoms with E-state index in [-0.39, 0.29) is 63.9 Å². The van der Waals surface area contributed by atoms with E-state index in [9.17, 15) is 33.6 Å². The van der Waals surface area contributed by atoms with Crippen LogP contribution in [0.1, 0.15) is 60.4 Å². The van der Waals surface area contributed by atoms with Gasteiger partial charge in [0.15, 0.2) is 0 Å². The van der Waals surface area contributed by atoms with Crippen molar-refractivity contribution in [3.05, 3.63) is 143 Å². The Hall–Kier alpha value is -7.17. The van der Waals surface area contributed by atoms with Crippen LogP contribution >= 0.6 is 0 Å². The highest BCUT2D eigenvalue weighted by Gasteiger charge is 2.44. The van der Waals surface area contributed by atoms with Crippen LogP contribution in [0.3, 0.4) is 0 Å². The summed E-state index contributed by atoms with van der Waals surface area (Å²) in [5.74, 6) is -3.01. The predicted octanol–water partition coefficient (Wildman–Crippen LogP) is 3.24. The molecule has 4 aromatic carbocycles. The van der Waals surface area contributed by atoms with Gasteiger partial charge < -0.3 is 46.7 Å². The van der Waals surface area contributed by atoms with Gasteiger partial charge in [-0.3, -0.25) is 33.6 Å². The number of carbonyl (C=O) groups excluding carboxylic acids is 7. The van der Waals surface area contributed by atoms with Gasteiger partial charge in [0, 0.05) is 64.3 Å². The van der Waals surface area contributed by atoms with Gasteiger partial charge >= 0.3 is 5.97 Å². The molecule has 4 aromatic rings. The van der Waals surface area contributed by atoms with Crippen molar-refractivity contribution in [2.45, 2.75) is 76.9 Å². The number of fused-ring (bicyclic) bond motifs is 3. The smallest absolute Gasteiger partial charge is 0.306 e. The second-order valence-electron chi connectivity index (χ2n) is 17.6. The molecule has 2 aliphatic rings. The molecule has 70 heavy (non-hydrogen) atoms. The molecule has 0 aliphatic carbocycles. The number of aryl methyl sites for hydroxylation is 1. The minimum absolute atomic E-state index is 0.00607. The van der Waals surface area contributed by atoms with E-state index in [2.05, 4.69) is 26.6 Å². The number of carbonyl (C=O) groups is 7. The number of ether oxygens (including phenoxy) is 2. The summed E-state index contributed by atoms with van der Waals surface area (Å²) in [6.45, 7) is 3.62. The molecule has 370 valence electrons. The molecule has 0 saturated carbocycles. The van der Waals surface area contributed by atoms with Crippen molar-refractivity contribution in [1.29, 1.82) is 0 Å². The largest absolute Gasteiger partial charge is 0.466 e. The van der Waals surface area contributed by atoms with Crippen molar-refractivity contribution in [3.63, 3.8) is 0 Å². The molecule has 0 unspecified atom stereocenters. The van der Waals surface area contributed by atoms with Gasteiger partial charge in [-0.05, 0) is 78.0 Å². The molecule has 16 heteroatoms. The maximum absolute atomic E-state index is 15.0. The number of nitrogens with two attached hydrogens (primary N) is 1. The third-order valence-corrected chi connectivity index (χ3v) is 12.5. The molecule has 0 aromatic heterocycles. The maximum atomic E-state index is 15.0. The zero-order chi connectivity index (χ0) is 49.7. The third kappa shape index (κ3) is 15.7. The van der Waals surface area contributed by atoms with Crippen LogP contribution in [-0.2, 0) is 75.3 Å². The molecule has 2 heterocycles. The number of hydrogen-bond acceptors (Lipinski definition) is 10. The van der Waals surface area contributed by atoms with E-state index in [1.807, 2.05) is 78.9 Å². The fourth-order valence-corrected chi connectivity index (χ4v) is 8.75. The van der Waals surface area contributed by atoms with E-state index in [0.717, 1.165) is 33.9 Å². The quantitative estimate of drug-likeness (QED) is 0.0754. The van der Waals surface area contributed by atoms with Gasteiger partial charge in [-0.2, -0.15) is 0 Å². The number of esters is 1. The average Bonchev–Trinajstić information content (AvgIpc) is 3.37. The van der Waals surface area contributed by atoms with Crippen molar-refractivity contribution < 1.29 is 43.0 Å². The van der Waals surface area contributed by atoms with Crippen LogP contribution in [0.4, 0.5) is 0 Å². The number of nitrogens with one attached hydrogen (secondary N) is 5. The third-order valence-electron chi connectivity index (χ3n) is 12.5. The summed E-state index contributed by atoms with van der Waals surface area (Å²) in [6.07, 6.45) is 4.47. The summed E-state index contributed by atoms with van der Waals surface area (Å²) in [4.78, 5) is 96.7. The van der Waals surface area contributed by atoms with Crippen LogP contribution in [0.5, 0.6) is 0 Å². The Morgan fingerprint density at radius 3 is 2.21 bits per heavy atom. The minimum Gasteiger partial charge on any atom is -0.466 e. The molecule has 3 atom stereocenters. The Morgan fingerprint density at radius 2 is 1.50 bits per heavy atom. The Kier molecular flexibility index (Phi) is 19.8. The maximum Gasteiger partial charge on any atom is 0.306 e. The molecule has 6 rings (SSSR count). The van der Waals surface area contributed by atoms with E-state index in [4.69, 9.17) is 15.2 Å². The molecule has 1 fully saturated rings. The Morgan fingerprint density at radius 1 is 0.800 bits per heavy atom. The lowest BCUT2D eigenvalue weighted by Crippen LogP contribution is -2.58. The molecule has 2 aliphatic heterocycles. The zero-order valence-electron chi connectivity index (χ0n) is 39.8. The monoisotopic (exact) mass is 955 g/mol. The fraction of sp³-hybridized carbons (Fsp3) is 0.389. The normalized spacial score (nSPS) is 20.0. The first-order valence-electron chi connectivity index (χ1n) is 24.1. The first-order chi connectivity index (χ1) is 33.9. The SMILES string of the molecule is CCOC(=O)CCc1ccc(-c2ccc(C[C@@H]3NC(=O)[C@]4(Cc5ccccc5)CCCN(C4)C(=O)/C=C/C(=O)NCC[C@@H](C(=O)NCCOCCN)NC(=O)Cc4ccccc4CNC3=O)cc2)cc1. The lowest BCUT2D eigenvalue weighted by molar-refractivity contribution is -0.143. The van der Waals surface area contributed by atoms with E-state index < -0.39 is 47.0 Å². The van der Waals surface area contributed by atoms with Crippen LogP contribution in [0.2, 0.25) is 0 Å². The molecule has 7 N–H and O–H groups in total. The highest BCUT2D eigenvalue weighted by Crippen LogP contribution is 2.35. The van der Waals surface area contributed by atoms with Crippen LogP contribution in [0, 0.1) is 5.41 Å². The van der Waals surface area contributed by atoms with E-state index in [1.165, 1.54) is 6.08 Å². The van der Waals surface area contributed by atoms with E-state index in [0.29, 0.717) is 69.5 Å². The second-order valence-corrected chi connectivity index (χ2v) is 17.6. The predicted molar refractivity (Wildman–Crippen MR) is 264 cm³/mol. The first-order valence-corrected chi connectivity index (χ1v) is 24.1. The number of piperidine rings is 1. The number of hydrogen-bond donors (Lipinski definition) is 6. The molecular weight excluding hydrogens is 891 g/mol. The molecule has 0 spiro atoms. The Balaban J connectivity index is 1.28. The molecule has 0 radical (unpaired) electrons. The van der Waals surface area contributed by atoms with Crippen molar-refractivity contribution in [1.82, 2.24) is 31.5 Å². The zero-order valence-corrected chi connectivity index (χ0v) is 39.8. The number of benzene rings is 4. The highest BCUT2D eigenvalue weighted by molar-refractivity contribution is 5.97. The molecule has 16 nitrogen and oxygen atoms in total. The van der Waals surface area contributed by atoms with Gasteiger partial charge in [0.25, 0.3) is 0 Å². The van der Waals surface area contributed by atoms with Gasteiger partial charge in [0.2, 0.25) is 35.4 Å². The summed E-state index contributed by atoms with van der Waals surface area (Å²) in [7, 11) is 0. The van der Waals surface area contributed by atoms with Crippen LogP contribution < -0.4 is 32.3 Å². The summed E-state index contributed by atoms with van der Waals surface area (Å²) in [5.41, 5.74) is 10.2. The molecule has 6 amide bonds. The van der Waals surface area contributed by atoms with Crippen LogP contribution in [0.25, 0.3) is 11.1 Å². The van der Waals surface area contributed by atoms with Gasteiger partial charge in [-0.25, -0.2) is 0 Å². The van der Waals surface area contributed by atoms with Crippen LogP contribution in [0.15, 0.2) is 115 Å². The summed E-state index contributed by atoms with van der Waals surface area (Å²) in [5, 5.41) is 14.4. The summed E-state index contributed by atoms with van der Waals surface area (Å²) < 4.78 is 10.4. The van der Waals surface area contributed by atoms with Crippen molar-refractivity contribution in [2.75, 3.05) is 52.5 Å². The Labute approximate surface area is 409 Å². The molecule has 1 saturated heterocycles. The average molecular weight is 956 g/mol. The van der Waals surface area contributed by atoms with Gasteiger partial charge in [-0.1, -0.05) is 103 Å². The second kappa shape index (κ2) is 26.5. The van der Waals surface area contributed by atoms with E-state index in [1.54, 1.807) is 36.1 Å². The number of rotatable bonds is 15. The first kappa shape index (κ1) is 52.2. The van der Waals surface area contributed by atoms with Gasteiger partial charge in [-0.15, -0.1) is 0 Å². The van der Waals surface area contributed by atoms with Gasteiger partial charge in [0.1, 0.15) is 12.1 Å². The minimum atomic E-state index is -1.13. The standard InChI is InChI=1S/C54H65N7O9/c1-2-70-50(65)24-17-38-13-18-41(19-14-38)42-20-15-39(16-21-42)33-46-52(67)58-36-44-12-7-6-11-43(44)34-48(63)59-45(51(66)57-29-32-69-31-27-55)25-28-56-47(62)22-23-49(64)61-30-8-26-54(37-61,53(68)60-46)35-40-9-4-3-5-10-40/h3-7,9-16,18-23,45-46H,2,8,17,24-37,55H2,1H3,(H,56,62)(H,57,66)(H,58,67)(H,59,63)(H,60,68)/b23-22+/t45-,46-,54-/m0/s1.